The number of nitrogens with zero attached hydrogens (tertiary/aromatic N) is 1. The number of rotatable bonds is 4. The van der Waals surface area contributed by atoms with E-state index in [1.165, 1.54) is 5.56 Å². The van der Waals surface area contributed by atoms with Crippen molar-refractivity contribution in [3.63, 3.8) is 0 Å². The van der Waals surface area contributed by atoms with Crippen LogP contribution in [0.3, 0.4) is 0 Å². The van der Waals surface area contributed by atoms with Crippen LogP contribution in [0.15, 0.2) is 27.4 Å². The summed E-state index contributed by atoms with van der Waals surface area (Å²) >= 11 is 0. The minimum atomic E-state index is -0.399. The van der Waals surface area contributed by atoms with E-state index in [-0.39, 0.29) is 0 Å². The molecule has 19 heavy (non-hydrogen) atoms. The predicted molar refractivity (Wildman–Crippen MR) is 73.9 cm³/mol. The van der Waals surface area contributed by atoms with Crippen LogP contribution in [0.1, 0.15) is 18.4 Å². The zero-order valence-electron chi connectivity index (χ0n) is 11.1. The smallest absolute Gasteiger partial charge is 0.408 e. The Kier molecular flexibility index (Phi) is 3.16. The molecule has 5 nitrogen and oxygen atoms in total. The predicted octanol–water partition coefficient (Wildman–Crippen LogP) is 1.29. The first-order valence-corrected chi connectivity index (χ1v) is 6.66. The van der Waals surface area contributed by atoms with Crippen molar-refractivity contribution in [1.29, 1.82) is 0 Å². The zero-order valence-corrected chi connectivity index (χ0v) is 11.1. The summed E-state index contributed by atoms with van der Waals surface area (Å²) in [5.74, 6) is 0.335. The van der Waals surface area contributed by atoms with Gasteiger partial charge in [0.2, 0.25) is 0 Å². The maximum Gasteiger partial charge on any atom is 0.417 e. The number of aromatic nitrogens is 1. The van der Waals surface area contributed by atoms with Gasteiger partial charge >= 0.3 is 5.76 Å². The Hall–Kier alpha value is -1.59. The number of H-pyrrole nitrogens is 1. The number of aromatic amines is 1. The van der Waals surface area contributed by atoms with Gasteiger partial charge in [-0.25, -0.2) is 4.79 Å². The van der Waals surface area contributed by atoms with Crippen molar-refractivity contribution in [3.8, 4) is 0 Å². The number of fused-ring (bicyclic) bond motifs is 1. The Balaban J connectivity index is 1.65. The molecule has 1 saturated carbocycles. The highest BCUT2D eigenvalue weighted by atomic mass is 16.4. The summed E-state index contributed by atoms with van der Waals surface area (Å²) in [7, 11) is 2.12. The van der Waals surface area contributed by atoms with E-state index in [0.29, 0.717) is 11.6 Å². The van der Waals surface area contributed by atoms with Crippen LogP contribution < -0.4 is 11.5 Å². The van der Waals surface area contributed by atoms with Crippen LogP contribution in [-0.2, 0) is 6.54 Å². The van der Waals surface area contributed by atoms with Gasteiger partial charge < -0.3 is 15.1 Å². The first-order chi connectivity index (χ1) is 9.10. The van der Waals surface area contributed by atoms with E-state index in [9.17, 15) is 4.79 Å². The number of oxazole rings is 1. The van der Waals surface area contributed by atoms with Crippen LogP contribution in [0, 0.1) is 5.92 Å². The third-order valence-electron chi connectivity index (χ3n) is 3.78. The van der Waals surface area contributed by atoms with Crippen molar-refractivity contribution < 1.29 is 4.42 Å². The van der Waals surface area contributed by atoms with E-state index in [1.54, 1.807) is 0 Å². The van der Waals surface area contributed by atoms with Crippen LogP contribution >= 0.6 is 0 Å². The summed E-state index contributed by atoms with van der Waals surface area (Å²) in [6.45, 7) is 1.95. The van der Waals surface area contributed by atoms with Gasteiger partial charge in [0.05, 0.1) is 5.52 Å². The Bertz CT molecular complexity index is 625. The fraction of sp³-hybridized carbons (Fsp3) is 0.500. The van der Waals surface area contributed by atoms with Gasteiger partial charge in [0, 0.05) is 19.1 Å². The highest BCUT2D eigenvalue weighted by molar-refractivity contribution is 5.72. The molecule has 0 saturated heterocycles. The first kappa shape index (κ1) is 12.4. The lowest BCUT2D eigenvalue weighted by Gasteiger charge is -2.35. The lowest BCUT2D eigenvalue weighted by molar-refractivity contribution is 0.178. The summed E-state index contributed by atoms with van der Waals surface area (Å²) in [6.07, 6.45) is 2.27. The molecule has 2 aromatic rings. The van der Waals surface area contributed by atoms with E-state index in [2.05, 4.69) is 16.9 Å². The Morgan fingerprint density at radius 2 is 2.26 bits per heavy atom. The summed E-state index contributed by atoms with van der Waals surface area (Å²) in [4.78, 5) is 16.1. The van der Waals surface area contributed by atoms with Crippen LogP contribution in [-0.4, -0.2) is 29.5 Å². The van der Waals surface area contributed by atoms with Crippen molar-refractivity contribution in [2.45, 2.75) is 25.4 Å². The molecular weight excluding hydrogens is 242 g/mol. The normalized spacial score (nSPS) is 22.9. The highest BCUT2D eigenvalue weighted by Gasteiger charge is 2.26. The van der Waals surface area contributed by atoms with E-state index < -0.39 is 5.76 Å². The molecule has 0 aliphatic heterocycles. The van der Waals surface area contributed by atoms with Gasteiger partial charge in [-0.1, -0.05) is 6.07 Å². The topological polar surface area (TPSA) is 75.3 Å². The third-order valence-corrected chi connectivity index (χ3v) is 3.78. The molecule has 1 heterocycles. The molecule has 1 aromatic carbocycles. The third kappa shape index (κ3) is 2.72. The molecule has 102 valence electrons. The quantitative estimate of drug-likeness (QED) is 0.869. The minimum absolute atomic E-state index is 0.399. The second-order valence-electron chi connectivity index (χ2n) is 5.64. The summed E-state index contributed by atoms with van der Waals surface area (Å²) in [5.41, 5.74) is 8.35. The number of nitrogens with one attached hydrogen (secondary N) is 1. The van der Waals surface area contributed by atoms with Gasteiger partial charge in [0.25, 0.3) is 0 Å². The maximum absolute atomic E-state index is 11.1. The Morgan fingerprint density at radius 3 is 3.00 bits per heavy atom. The Morgan fingerprint density at radius 1 is 1.47 bits per heavy atom. The molecule has 3 N–H and O–H groups in total. The van der Waals surface area contributed by atoms with Gasteiger partial charge in [-0.3, -0.25) is 4.98 Å². The van der Waals surface area contributed by atoms with Crippen molar-refractivity contribution >= 4 is 11.1 Å². The molecule has 1 aliphatic carbocycles. The zero-order chi connectivity index (χ0) is 13.4. The van der Waals surface area contributed by atoms with Crippen LogP contribution in [0.2, 0.25) is 0 Å². The van der Waals surface area contributed by atoms with Gasteiger partial charge in [-0.05, 0) is 43.5 Å². The number of nitrogens with two attached hydrogens (primary N) is 1. The molecule has 0 bridgehead atoms. The summed E-state index contributed by atoms with van der Waals surface area (Å²) < 4.78 is 4.99. The van der Waals surface area contributed by atoms with E-state index >= 15 is 0 Å². The monoisotopic (exact) mass is 261 g/mol. The molecule has 1 fully saturated rings. The molecule has 0 spiro atoms. The number of hydrogen-bond acceptors (Lipinski definition) is 4. The van der Waals surface area contributed by atoms with Gasteiger partial charge in [-0.15, -0.1) is 0 Å². The maximum atomic E-state index is 11.1. The average Bonchev–Trinajstić information content (AvgIpc) is 2.66. The van der Waals surface area contributed by atoms with Crippen molar-refractivity contribution in [2.24, 2.45) is 11.7 Å². The van der Waals surface area contributed by atoms with Crippen LogP contribution in [0.5, 0.6) is 0 Å². The van der Waals surface area contributed by atoms with Crippen molar-refractivity contribution in [2.75, 3.05) is 13.6 Å². The second kappa shape index (κ2) is 4.83. The standard InChI is InChI=1S/C14H19N3O2/c1-17(8-10-4-11(15)5-10)7-9-2-3-13-12(6-9)16-14(18)19-13/h2-3,6,10-11H,4-5,7-8,15H2,1H3,(H,16,18). The molecule has 0 unspecified atom stereocenters. The molecule has 1 aliphatic rings. The number of benzene rings is 1. The van der Waals surface area contributed by atoms with Gasteiger partial charge in [0.1, 0.15) is 0 Å². The van der Waals surface area contributed by atoms with E-state index in [4.69, 9.17) is 10.2 Å². The minimum Gasteiger partial charge on any atom is -0.408 e. The average molecular weight is 261 g/mol. The fourth-order valence-corrected chi connectivity index (χ4v) is 2.85. The number of hydrogen-bond donors (Lipinski definition) is 2. The Labute approximate surface area is 111 Å². The summed E-state index contributed by atoms with van der Waals surface area (Å²) in [5, 5.41) is 0. The molecule has 0 atom stereocenters. The first-order valence-electron chi connectivity index (χ1n) is 6.66. The van der Waals surface area contributed by atoms with Gasteiger partial charge in [0.15, 0.2) is 5.58 Å². The molecular formula is C14H19N3O2. The van der Waals surface area contributed by atoms with E-state index in [0.717, 1.165) is 37.4 Å². The molecule has 1 aromatic heterocycles. The molecule has 0 radical (unpaired) electrons. The second-order valence-corrected chi connectivity index (χ2v) is 5.64. The van der Waals surface area contributed by atoms with Gasteiger partial charge in [-0.2, -0.15) is 0 Å². The van der Waals surface area contributed by atoms with Crippen molar-refractivity contribution in [3.05, 3.63) is 34.3 Å². The lowest BCUT2D eigenvalue weighted by Crippen LogP contribution is -2.41. The molecule has 3 rings (SSSR count). The van der Waals surface area contributed by atoms with E-state index in [1.807, 2.05) is 18.2 Å². The van der Waals surface area contributed by atoms with Crippen LogP contribution in [0.25, 0.3) is 11.1 Å². The molecule has 0 amide bonds. The summed E-state index contributed by atoms with van der Waals surface area (Å²) in [6, 6.07) is 6.23. The molecule has 5 heteroatoms. The highest BCUT2D eigenvalue weighted by Crippen LogP contribution is 2.26. The van der Waals surface area contributed by atoms with Crippen molar-refractivity contribution in [1.82, 2.24) is 9.88 Å². The van der Waals surface area contributed by atoms with Crippen LogP contribution in [0.4, 0.5) is 0 Å². The lowest BCUT2D eigenvalue weighted by atomic mass is 9.80. The fourth-order valence-electron chi connectivity index (χ4n) is 2.85. The largest absolute Gasteiger partial charge is 0.417 e. The SMILES string of the molecule is CN(Cc1ccc2oc(=O)[nH]c2c1)CC1CC(N)C1.